The summed E-state index contributed by atoms with van der Waals surface area (Å²) in [4.78, 5) is 3.75. The zero-order chi connectivity index (χ0) is 10.4. The van der Waals surface area contributed by atoms with Crippen LogP contribution in [0.15, 0.2) is 18.5 Å². The Morgan fingerprint density at radius 1 is 1.57 bits per heavy atom. The normalized spacial score (nSPS) is 12.8. The summed E-state index contributed by atoms with van der Waals surface area (Å²) < 4.78 is 12.7. The number of nitrogens with zero attached hydrogens (tertiary/aromatic N) is 1. The highest BCUT2D eigenvalue weighted by Crippen LogP contribution is 2.02. The number of hydrogen-bond acceptors (Lipinski definition) is 2. The summed E-state index contributed by atoms with van der Waals surface area (Å²) in [5.74, 6) is -0.304. The summed E-state index contributed by atoms with van der Waals surface area (Å²) in [6.07, 6.45) is 3.76. The molecule has 0 bridgehead atoms. The van der Waals surface area contributed by atoms with E-state index in [1.54, 1.807) is 6.20 Å². The molecule has 0 aliphatic heterocycles. The average molecular weight is 217 g/mol. The van der Waals surface area contributed by atoms with Crippen LogP contribution in [0.3, 0.4) is 0 Å². The maximum atomic E-state index is 12.7. The maximum Gasteiger partial charge on any atom is 0.141 e. The second kappa shape index (κ2) is 5.94. The van der Waals surface area contributed by atoms with E-state index in [0.717, 1.165) is 18.5 Å². The van der Waals surface area contributed by atoms with E-state index in [9.17, 15) is 4.39 Å². The molecule has 14 heavy (non-hydrogen) atoms. The Morgan fingerprint density at radius 2 is 2.36 bits per heavy atom. The number of hydrogen-bond donors (Lipinski definition) is 1. The predicted molar refractivity (Wildman–Crippen MR) is 55.8 cm³/mol. The van der Waals surface area contributed by atoms with Gasteiger partial charge in [-0.1, -0.05) is 6.92 Å². The van der Waals surface area contributed by atoms with E-state index in [2.05, 4.69) is 10.3 Å². The molecular weight excluding hydrogens is 203 g/mol. The molecule has 0 fully saturated rings. The van der Waals surface area contributed by atoms with E-state index < -0.39 is 0 Å². The lowest BCUT2D eigenvalue weighted by atomic mass is 10.2. The van der Waals surface area contributed by atoms with Gasteiger partial charge < -0.3 is 5.32 Å². The minimum Gasteiger partial charge on any atom is -0.311 e. The van der Waals surface area contributed by atoms with Crippen molar-refractivity contribution in [1.29, 1.82) is 0 Å². The molecule has 0 spiro atoms. The van der Waals surface area contributed by atoms with E-state index in [4.69, 9.17) is 11.6 Å². The average Bonchev–Trinajstić information content (AvgIpc) is 2.17. The molecule has 2 nitrogen and oxygen atoms in total. The highest BCUT2D eigenvalue weighted by Gasteiger charge is 2.00. The molecule has 0 aliphatic rings. The first kappa shape index (κ1) is 11.4. The van der Waals surface area contributed by atoms with Crippen molar-refractivity contribution >= 4 is 11.6 Å². The number of pyridine rings is 1. The minimum absolute atomic E-state index is 0.136. The van der Waals surface area contributed by atoms with Gasteiger partial charge in [-0.2, -0.15) is 0 Å². The molecule has 1 heterocycles. The SMILES string of the molecule is CCC(Cl)CNCc1cncc(F)c1. The van der Waals surface area contributed by atoms with Gasteiger partial charge in [0.05, 0.1) is 6.20 Å². The summed E-state index contributed by atoms with van der Waals surface area (Å²) in [5, 5.41) is 3.28. The molecule has 0 saturated heterocycles. The number of rotatable bonds is 5. The van der Waals surface area contributed by atoms with Gasteiger partial charge in [0.15, 0.2) is 0 Å². The Hall–Kier alpha value is -0.670. The van der Waals surface area contributed by atoms with Crippen LogP contribution < -0.4 is 5.32 Å². The Bertz CT molecular complexity index is 281. The molecule has 1 aromatic rings. The van der Waals surface area contributed by atoms with Gasteiger partial charge in [0.1, 0.15) is 5.82 Å². The lowest BCUT2D eigenvalue weighted by Gasteiger charge is -2.07. The fraction of sp³-hybridized carbons (Fsp3) is 0.500. The number of aromatic nitrogens is 1. The lowest BCUT2D eigenvalue weighted by Crippen LogP contribution is -2.22. The van der Waals surface area contributed by atoms with Crippen LogP contribution in [0, 0.1) is 5.82 Å². The van der Waals surface area contributed by atoms with Gasteiger partial charge >= 0.3 is 0 Å². The van der Waals surface area contributed by atoms with Gasteiger partial charge in [0.25, 0.3) is 0 Å². The second-order valence-corrected chi connectivity index (χ2v) is 3.77. The van der Waals surface area contributed by atoms with Crippen LogP contribution >= 0.6 is 11.6 Å². The molecule has 78 valence electrons. The third kappa shape index (κ3) is 4.03. The highest BCUT2D eigenvalue weighted by atomic mass is 35.5. The van der Waals surface area contributed by atoms with E-state index in [0.29, 0.717) is 6.54 Å². The van der Waals surface area contributed by atoms with Crippen LogP contribution in [-0.4, -0.2) is 16.9 Å². The van der Waals surface area contributed by atoms with Crippen molar-refractivity contribution in [3.63, 3.8) is 0 Å². The van der Waals surface area contributed by atoms with Crippen molar-refractivity contribution in [3.8, 4) is 0 Å². The van der Waals surface area contributed by atoms with Crippen LogP contribution in [-0.2, 0) is 6.54 Å². The van der Waals surface area contributed by atoms with Gasteiger partial charge in [-0.05, 0) is 18.1 Å². The van der Waals surface area contributed by atoms with Crippen LogP contribution in [0.5, 0.6) is 0 Å². The fourth-order valence-corrected chi connectivity index (χ4v) is 1.18. The Morgan fingerprint density at radius 3 is 3.00 bits per heavy atom. The van der Waals surface area contributed by atoms with Gasteiger partial charge in [0, 0.05) is 24.7 Å². The topological polar surface area (TPSA) is 24.9 Å². The number of nitrogens with one attached hydrogen (secondary N) is 1. The Labute approximate surface area is 88.5 Å². The van der Waals surface area contributed by atoms with Crippen molar-refractivity contribution in [1.82, 2.24) is 10.3 Å². The lowest BCUT2D eigenvalue weighted by molar-refractivity contribution is 0.608. The second-order valence-electron chi connectivity index (χ2n) is 3.15. The largest absolute Gasteiger partial charge is 0.311 e. The number of alkyl halides is 1. The summed E-state index contributed by atoms with van der Waals surface area (Å²) in [6, 6.07) is 1.47. The van der Waals surface area contributed by atoms with E-state index in [1.807, 2.05) is 6.92 Å². The molecule has 1 rings (SSSR count). The minimum atomic E-state index is -0.304. The standard InChI is InChI=1S/C10H14ClFN2/c1-2-9(11)6-13-4-8-3-10(12)7-14-5-8/h3,5,7,9,13H,2,4,6H2,1H3. The van der Waals surface area contributed by atoms with Crippen molar-refractivity contribution < 1.29 is 4.39 Å². The van der Waals surface area contributed by atoms with Gasteiger partial charge in [-0.15, -0.1) is 11.6 Å². The van der Waals surface area contributed by atoms with Gasteiger partial charge in [-0.3, -0.25) is 4.98 Å². The van der Waals surface area contributed by atoms with E-state index in [-0.39, 0.29) is 11.2 Å². The molecule has 0 saturated carbocycles. The molecule has 1 unspecified atom stereocenters. The molecule has 0 aromatic carbocycles. The number of halogens is 2. The molecule has 0 aliphatic carbocycles. The van der Waals surface area contributed by atoms with Crippen molar-refractivity contribution in [2.45, 2.75) is 25.3 Å². The third-order valence-electron chi connectivity index (χ3n) is 1.90. The molecule has 1 aromatic heterocycles. The Kier molecular flexibility index (Phi) is 4.84. The Balaban J connectivity index is 2.31. The highest BCUT2D eigenvalue weighted by molar-refractivity contribution is 6.20. The van der Waals surface area contributed by atoms with Crippen molar-refractivity contribution in [3.05, 3.63) is 29.8 Å². The van der Waals surface area contributed by atoms with Gasteiger partial charge in [0.2, 0.25) is 0 Å². The van der Waals surface area contributed by atoms with E-state index >= 15 is 0 Å². The molecular formula is C10H14ClFN2. The zero-order valence-electron chi connectivity index (χ0n) is 8.13. The summed E-state index contributed by atoms with van der Waals surface area (Å²) in [5.41, 5.74) is 0.838. The van der Waals surface area contributed by atoms with Crippen molar-refractivity contribution in [2.24, 2.45) is 0 Å². The summed E-state index contributed by atoms with van der Waals surface area (Å²) >= 11 is 5.91. The van der Waals surface area contributed by atoms with Crippen LogP contribution in [0.1, 0.15) is 18.9 Å². The fourth-order valence-electron chi connectivity index (χ4n) is 1.07. The monoisotopic (exact) mass is 216 g/mol. The summed E-state index contributed by atoms with van der Waals surface area (Å²) in [7, 11) is 0. The molecule has 1 atom stereocenters. The predicted octanol–water partition coefficient (Wildman–Crippen LogP) is 2.33. The maximum absolute atomic E-state index is 12.7. The smallest absolute Gasteiger partial charge is 0.141 e. The first-order valence-corrected chi connectivity index (χ1v) is 5.10. The quantitative estimate of drug-likeness (QED) is 0.765. The van der Waals surface area contributed by atoms with E-state index in [1.165, 1.54) is 12.3 Å². The third-order valence-corrected chi connectivity index (χ3v) is 2.36. The van der Waals surface area contributed by atoms with Crippen LogP contribution in [0.4, 0.5) is 4.39 Å². The molecule has 1 N–H and O–H groups in total. The van der Waals surface area contributed by atoms with Crippen LogP contribution in [0.2, 0.25) is 0 Å². The molecule has 0 radical (unpaired) electrons. The zero-order valence-corrected chi connectivity index (χ0v) is 8.89. The first-order valence-electron chi connectivity index (χ1n) is 4.66. The first-order chi connectivity index (χ1) is 6.72. The van der Waals surface area contributed by atoms with Crippen molar-refractivity contribution in [2.75, 3.05) is 6.54 Å². The summed E-state index contributed by atoms with van der Waals surface area (Å²) in [6.45, 7) is 3.37. The molecule has 4 heteroatoms. The van der Waals surface area contributed by atoms with Gasteiger partial charge in [-0.25, -0.2) is 4.39 Å². The van der Waals surface area contributed by atoms with Crippen LogP contribution in [0.25, 0.3) is 0 Å². The molecule has 0 amide bonds.